The van der Waals surface area contributed by atoms with Gasteiger partial charge in [0, 0.05) is 41.2 Å². The van der Waals surface area contributed by atoms with Crippen LogP contribution in [0.25, 0.3) is 33.3 Å². The molecular formula is C37H45N5O4. The van der Waals surface area contributed by atoms with Gasteiger partial charge in [-0.1, -0.05) is 39.8 Å². The number of pyridine rings is 1. The lowest BCUT2D eigenvalue weighted by Gasteiger charge is -2.35. The molecule has 2 aromatic carbocycles. The third-order valence-corrected chi connectivity index (χ3v) is 9.21. The maximum Gasteiger partial charge on any atom is 0.324 e. The molecule has 6 bridgehead atoms. The maximum atomic E-state index is 13.3. The Morgan fingerprint density at radius 2 is 1.93 bits per heavy atom. The highest BCUT2D eigenvalue weighted by atomic mass is 16.5. The summed E-state index contributed by atoms with van der Waals surface area (Å²) in [7, 11) is 0. The quantitative estimate of drug-likeness (QED) is 0.250. The van der Waals surface area contributed by atoms with Gasteiger partial charge in [0.1, 0.15) is 11.8 Å². The number of rotatable bonds is 3. The average molecular weight is 624 g/mol. The van der Waals surface area contributed by atoms with Crippen molar-refractivity contribution in [1.29, 1.82) is 0 Å². The Bertz CT molecular complexity index is 1790. The number of aromatic nitrogens is 2. The lowest BCUT2D eigenvalue weighted by atomic mass is 9.83. The van der Waals surface area contributed by atoms with E-state index in [1.807, 2.05) is 18.3 Å². The summed E-state index contributed by atoms with van der Waals surface area (Å²) in [6, 6.07) is 14.5. The van der Waals surface area contributed by atoms with Crippen molar-refractivity contribution in [2.75, 3.05) is 13.2 Å². The first-order valence-corrected chi connectivity index (χ1v) is 16.4. The normalized spacial score (nSPS) is 20.5. The van der Waals surface area contributed by atoms with Crippen molar-refractivity contribution < 1.29 is 19.4 Å². The minimum absolute atomic E-state index is 0.116. The second-order valence-corrected chi connectivity index (χ2v) is 13.9. The van der Waals surface area contributed by atoms with Gasteiger partial charge in [-0.25, -0.2) is 5.43 Å². The summed E-state index contributed by atoms with van der Waals surface area (Å²) in [5.41, 5.74) is 17.2. The molecule has 2 aliphatic heterocycles. The number of nitrogens with zero attached hydrogens (tertiary/aromatic N) is 3. The van der Waals surface area contributed by atoms with Crippen LogP contribution in [0.1, 0.15) is 70.2 Å². The zero-order chi connectivity index (χ0) is 32.7. The van der Waals surface area contributed by atoms with Crippen LogP contribution in [0, 0.1) is 5.41 Å². The number of hydrogen-bond acceptors (Lipinski definition) is 7. The van der Waals surface area contributed by atoms with Gasteiger partial charge in [0.15, 0.2) is 0 Å². The van der Waals surface area contributed by atoms with Crippen LogP contribution in [0.4, 0.5) is 0 Å². The van der Waals surface area contributed by atoms with E-state index in [4.69, 9.17) is 15.5 Å². The summed E-state index contributed by atoms with van der Waals surface area (Å²) in [6.07, 6.45) is 3.98. The number of ether oxygens (including phenoxy) is 1. The average Bonchev–Trinajstić information content (AvgIpc) is 3.34. The summed E-state index contributed by atoms with van der Waals surface area (Å²) in [5, 5.41) is 13.3. The first-order valence-electron chi connectivity index (χ1n) is 16.4. The van der Waals surface area contributed by atoms with Crippen molar-refractivity contribution in [2.24, 2.45) is 11.1 Å². The molecule has 2 atom stereocenters. The molecule has 1 saturated heterocycles. The van der Waals surface area contributed by atoms with Crippen LogP contribution in [-0.4, -0.2) is 56.8 Å². The van der Waals surface area contributed by atoms with E-state index in [1.54, 1.807) is 12.1 Å². The van der Waals surface area contributed by atoms with Gasteiger partial charge in [0.05, 0.1) is 24.0 Å². The summed E-state index contributed by atoms with van der Waals surface area (Å²) < 4.78 is 8.33. The molecule has 2 aliphatic rings. The zero-order valence-electron chi connectivity index (χ0n) is 27.5. The third kappa shape index (κ3) is 6.13. The molecule has 4 aromatic rings. The van der Waals surface area contributed by atoms with E-state index in [0.29, 0.717) is 25.8 Å². The minimum atomic E-state index is -0.848. The number of phenols is 1. The molecule has 6 rings (SSSR count). The molecule has 46 heavy (non-hydrogen) atoms. The van der Waals surface area contributed by atoms with Gasteiger partial charge < -0.3 is 20.1 Å². The number of aromatic hydroxyl groups is 1. The van der Waals surface area contributed by atoms with Crippen molar-refractivity contribution in [3.8, 4) is 28.1 Å². The Kier molecular flexibility index (Phi) is 8.65. The predicted molar refractivity (Wildman–Crippen MR) is 180 cm³/mol. The molecule has 1 amide bonds. The molecule has 242 valence electrons. The van der Waals surface area contributed by atoms with Crippen LogP contribution in [-0.2, 0) is 33.7 Å². The van der Waals surface area contributed by atoms with E-state index in [2.05, 4.69) is 68.9 Å². The highest BCUT2D eigenvalue weighted by molar-refractivity contribution is 5.95. The Morgan fingerprint density at radius 3 is 2.70 bits per heavy atom. The number of fused-ring (bicyclic) bond motifs is 6. The van der Waals surface area contributed by atoms with E-state index in [-0.39, 0.29) is 36.6 Å². The van der Waals surface area contributed by atoms with Crippen molar-refractivity contribution in [3.63, 3.8) is 0 Å². The molecule has 0 saturated carbocycles. The number of hydrogen-bond donors (Lipinski definition) is 3. The minimum Gasteiger partial charge on any atom is -0.508 e. The monoisotopic (exact) mass is 623 g/mol. The maximum absolute atomic E-state index is 13.3. The summed E-state index contributed by atoms with van der Waals surface area (Å²) in [6.45, 7) is 12.2. The highest BCUT2D eigenvalue weighted by Crippen LogP contribution is 2.42. The number of amides is 1. The van der Waals surface area contributed by atoms with Crippen LogP contribution in [0.2, 0.25) is 0 Å². The molecule has 0 spiro atoms. The van der Waals surface area contributed by atoms with Gasteiger partial charge in [-0.15, -0.1) is 0 Å². The summed E-state index contributed by atoms with van der Waals surface area (Å²) in [5.74, 6) is -0.321. The molecule has 9 heteroatoms. The van der Waals surface area contributed by atoms with Gasteiger partial charge >= 0.3 is 5.97 Å². The molecule has 0 unspecified atom stereocenters. The van der Waals surface area contributed by atoms with Crippen LogP contribution in [0.15, 0.2) is 54.7 Å². The summed E-state index contributed by atoms with van der Waals surface area (Å²) in [4.78, 5) is 31.5. The number of nitrogens with two attached hydrogens (primary N) is 1. The standard InChI is InChI=1S/C37H45N5O4/c1-6-41-32-12-11-24-19-28(32)29(34(41)27-9-7-13-39-33(27)22(2)3)20-37(4,5)21-46-36(45)31-10-8-14-42(40-31)35(44)30(38)17-23-15-25(24)18-26(43)16-23/h7,9,11-13,15-16,18-19,22,30-31,40,43H,6,8,10,14,17,20-21,38H2,1-5H3/t30-,31-/m0/s1. The number of benzene rings is 2. The predicted octanol–water partition coefficient (Wildman–Crippen LogP) is 5.71. The smallest absolute Gasteiger partial charge is 0.324 e. The summed E-state index contributed by atoms with van der Waals surface area (Å²) >= 11 is 0. The number of esters is 1. The van der Waals surface area contributed by atoms with E-state index in [0.717, 1.165) is 51.1 Å². The van der Waals surface area contributed by atoms with Gasteiger partial charge in [-0.05, 0) is 97.2 Å². The molecule has 0 aliphatic carbocycles. The molecule has 4 N–H and O–H groups in total. The topological polar surface area (TPSA) is 123 Å². The fourth-order valence-electron chi connectivity index (χ4n) is 7.01. The number of carbonyl (C=O) groups excluding carboxylic acids is 2. The van der Waals surface area contributed by atoms with Crippen molar-refractivity contribution in [1.82, 2.24) is 20.0 Å². The SMILES string of the molecule is CCn1c(-c2cccnc2C(C)C)c2c3cc(ccc31)-c1cc(O)cc(c1)C[C@H](N)C(=O)N1CCC[C@H](N1)C(=O)OCC(C)(C)C2. The number of carbonyl (C=O) groups is 2. The van der Waals surface area contributed by atoms with Crippen LogP contribution in [0.3, 0.4) is 0 Å². The number of nitrogens with one attached hydrogen (secondary N) is 1. The van der Waals surface area contributed by atoms with E-state index in [9.17, 15) is 14.7 Å². The number of phenolic OH excluding ortho intramolecular Hbond substituents is 1. The van der Waals surface area contributed by atoms with Crippen molar-refractivity contribution in [3.05, 3.63) is 71.5 Å². The molecular weight excluding hydrogens is 578 g/mol. The van der Waals surface area contributed by atoms with Gasteiger partial charge in [-0.2, -0.15) is 0 Å². The fourth-order valence-corrected chi connectivity index (χ4v) is 7.01. The second kappa shape index (κ2) is 12.5. The van der Waals surface area contributed by atoms with Crippen molar-refractivity contribution >= 4 is 22.8 Å². The van der Waals surface area contributed by atoms with E-state index < -0.39 is 17.5 Å². The number of cyclic esters (lactones) is 1. The van der Waals surface area contributed by atoms with Gasteiger partial charge in [0.25, 0.3) is 5.91 Å². The second-order valence-electron chi connectivity index (χ2n) is 13.9. The molecule has 2 aromatic heterocycles. The highest BCUT2D eigenvalue weighted by Gasteiger charge is 2.34. The van der Waals surface area contributed by atoms with Gasteiger partial charge in [-0.3, -0.25) is 19.6 Å². The molecule has 9 nitrogen and oxygen atoms in total. The molecule has 1 fully saturated rings. The number of hydrazine groups is 1. The van der Waals surface area contributed by atoms with Crippen LogP contribution >= 0.6 is 0 Å². The van der Waals surface area contributed by atoms with Crippen LogP contribution in [0.5, 0.6) is 5.75 Å². The van der Waals surface area contributed by atoms with Crippen LogP contribution < -0.4 is 11.2 Å². The van der Waals surface area contributed by atoms with Crippen molar-refractivity contribution in [2.45, 2.75) is 84.8 Å². The Hall–Kier alpha value is -4.21. The Balaban J connectivity index is 1.56. The third-order valence-electron chi connectivity index (χ3n) is 9.21. The molecule has 4 heterocycles. The lowest BCUT2D eigenvalue weighted by Crippen LogP contribution is -2.59. The Morgan fingerprint density at radius 1 is 1.13 bits per heavy atom. The lowest BCUT2D eigenvalue weighted by molar-refractivity contribution is -0.154. The first-order chi connectivity index (χ1) is 22.0. The van der Waals surface area contributed by atoms with E-state index in [1.165, 1.54) is 10.6 Å². The Labute approximate surface area is 270 Å². The number of aryl methyl sites for hydroxylation is 1. The fraction of sp³-hybridized carbons (Fsp3) is 0.432. The molecule has 0 radical (unpaired) electrons. The largest absolute Gasteiger partial charge is 0.508 e. The zero-order valence-corrected chi connectivity index (χ0v) is 27.5. The first kappa shape index (κ1) is 31.8. The van der Waals surface area contributed by atoms with E-state index >= 15 is 0 Å². The van der Waals surface area contributed by atoms with Gasteiger partial charge in [0.2, 0.25) is 0 Å².